The fraction of sp³-hybridized carbons (Fsp3) is 0.947. The van der Waals surface area contributed by atoms with Crippen molar-refractivity contribution >= 4 is 17.5 Å². The third-order valence-electron chi connectivity index (χ3n) is 4.70. The molecule has 0 aromatic heterocycles. The van der Waals surface area contributed by atoms with Crippen molar-refractivity contribution in [2.45, 2.75) is 91.4 Å². The Morgan fingerprint density at radius 3 is 1.59 bits per heavy atom. The highest BCUT2D eigenvalue weighted by Gasteiger charge is 2.23. The predicted molar refractivity (Wildman–Crippen MR) is 98.5 cm³/mol. The summed E-state index contributed by atoms with van der Waals surface area (Å²) in [7, 11) is 0. The molecule has 0 N–H and O–H groups in total. The Balaban J connectivity index is 4.75. The average molecular weight is 332 g/mol. The molecule has 1 amide bonds. The average Bonchev–Trinajstić information content (AvgIpc) is 2.52. The zero-order valence-electron chi connectivity index (χ0n) is 15.5. The van der Waals surface area contributed by atoms with E-state index in [1.165, 1.54) is 38.5 Å². The molecule has 3 atom stereocenters. The first kappa shape index (κ1) is 21.8. The zero-order valence-corrected chi connectivity index (χ0v) is 16.3. The molecule has 0 spiro atoms. The van der Waals surface area contributed by atoms with Gasteiger partial charge in [0.15, 0.2) is 0 Å². The SMILES string of the molecule is CCCCC(CC)CN(CC(CC)CCCC)C(=O)C(C)Cl. The van der Waals surface area contributed by atoms with Gasteiger partial charge in [-0.1, -0.05) is 66.2 Å². The molecule has 0 rings (SSSR count). The largest absolute Gasteiger partial charge is 0.341 e. The van der Waals surface area contributed by atoms with Crippen LogP contribution in [-0.2, 0) is 4.79 Å². The molecule has 2 nitrogen and oxygen atoms in total. The van der Waals surface area contributed by atoms with Gasteiger partial charge in [0.05, 0.1) is 0 Å². The van der Waals surface area contributed by atoms with E-state index in [1.54, 1.807) is 6.92 Å². The van der Waals surface area contributed by atoms with Gasteiger partial charge in [0.25, 0.3) is 0 Å². The van der Waals surface area contributed by atoms with Gasteiger partial charge in [-0.2, -0.15) is 0 Å². The number of amides is 1. The van der Waals surface area contributed by atoms with Crippen molar-refractivity contribution in [1.29, 1.82) is 0 Å². The standard InChI is InChI=1S/C19H38ClNO/c1-6-10-12-17(8-3)14-21(19(22)16(5)20)15-18(9-4)13-11-7-2/h16-18H,6-15H2,1-5H3. The Hall–Kier alpha value is -0.240. The number of hydrogen-bond acceptors (Lipinski definition) is 1. The number of rotatable bonds is 13. The minimum Gasteiger partial charge on any atom is -0.341 e. The lowest BCUT2D eigenvalue weighted by Crippen LogP contribution is -2.42. The first-order valence-electron chi connectivity index (χ1n) is 9.42. The molecule has 0 aromatic rings. The Bertz CT molecular complexity index is 263. The molecular weight excluding hydrogens is 294 g/mol. The quantitative estimate of drug-likeness (QED) is 0.386. The van der Waals surface area contributed by atoms with E-state index in [2.05, 4.69) is 32.6 Å². The van der Waals surface area contributed by atoms with Crippen LogP contribution in [0.3, 0.4) is 0 Å². The maximum atomic E-state index is 12.5. The molecule has 0 heterocycles. The number of unbranched alkanes of at least 4 members (excludes halogenated alkanes) is 2. The molecule has 0 aliphatic carbocycles. The maximum Gasteiger partial charge on any atom is 0.240 e. The minimum absolute atomic E-state index is 0.117. The Morgan fingerprint density at radius 1 is 0.909 bits per heavy atom. The fourth-order valence-electron chi connectivity index (χ4n) is 2.96. The van der Waals surface area contributed by atoms with E-state index in [1.807, 2.05) is 0 Å². The van der Waals surface area contributed by atoms with E-state index in [4.69, 9.17) is 11.6 Å². The van der Waals surface area contributed by atoms with E-state index >= 15 is 0 Å². The first-order valence-corrected chi connectivity index (χ1v) is 9.86. The number of nitrogens with zero attached hydrogens (tertiary/aromatic N) is 1. The van der Waals surface area contributed by atoms with Gasteiger partial charge in [-0.15, -0.1) is 11.6 Å². The lowest BCUT2D eigenvalue weighted by atomic mass is 9.95. The summed E-state index contributed by atoms with van der Waals surface area (Å²) in [6, 6.07) is 0. The van der Waals surface area contributed by atoms with Gasteiger partial charge < -0.3 is 4.90 Å². The maximum absolute atomic E-state index is 12.5. The van der Waals surface area contributed by atoms with Gasteiger partial charge in [0, 0.05) is 13.1 Å². The summed E-state index contributed by atoms with van der Waals surface area (Å²) >= 11 is 6.09. The van der Waals surface area contributed by atoms with Gasteiger partial charge in [-0.3, -0.25) is 4.79 Å². The molecule has 0 aromatic carbocycles. The van der Waals surface area contributed by atoms with Crippen LogP contribution in [0.5, 0.6) is 0 Å². The topological polar surface area (TPSA) is 20.3 Å². The molecule has 0 aliphatic heterocycles. The van der Waals surface area contributed by atoms with Crippen molar-refractivity contribution in [3.8, 4) is 0 Å². The highest BCUT2D eigenvalue weighted by molar-refractivity contribution is 6.30. The van der Waals surface area contributed by atoms with E-state index in [-0.39, 0.29) is 5.91 Å². The minimum atomic E-state index is -0.410. The molecule has 0 saturated carbocycles. The van der Waals surface area contributed by atoms with Crippen molar-refractivity contribution < 1.29 is 4.79 Å². The zero-order chi connectivity index (χ0) is 17.0. The lowest BCUT2D eigenvalue weighted by Gasteiger charge is -2.31. The lowest BCUT2D eigenvalue weighted by molar-refractivity contribution is -0.132. The third-order valence-corrected chi connectivity index (χ3v) is 4.88. The molecule has 0 saturated heterocycles. The first-order chi connectivity index (χ1) is 10.5. The second kappa shape index (κ2) is 13.2. The molecule has 0 bridgehead atoms. The van der Waals surface area contributed by atoms with Crippen LogP contribution in [0.15, 0.2) is 0 Å². The molecule has 132 valence electrons. The molecule has 3 heteroatoms. The van der Waals surface area contributed by atoms with Gasteiger partial charge in [-0.25, -0.2) is 0 Å². The molecule has 3 unspecified atom stereocenters. The highest BCUT2D eigenvalue weighted by atomic mass is 35.5. The van der Waals surface area contributed by atoms with Crippen LogP contribution in [0.4, 0.5) is 0 Å². The fourth-order valence-corrected chi connectivity index (χ4v) is 3.10. The second-order valence-electron chi connectivity index (χ2n) is 6.69. The summed E-state index contributed by atoms with van der Waals surface area (Å²) in [5.74, 6) is 1.34. The van der Waals surface area contributed by atoms with Crippen molar-refractivity contribution in [1.82, 2.24) is 4.90 Å². The van der Waals surface area contributed by atoms with E-state index < -0.39 is 5.38 Å². The highest BCUT2D eigenvalue weighted by Crippen LogP contribution is 2.20. The molecule has 0 fully saturated rings. The third kappa shape index (κ3) is 9.02. The van der Waals surface area contributed by atoms with Gasteiger partial charge in [0.1, 0.15) is 5.38 Å². The number of carbonyl (C=O) groups excluding carboxylic acids is 1. The number of hydrogen-bond donors (Lipinski definition) is 0. The monoisotopic (exact) mass is 331 g/mol. The molecular formula is C19H38ClNO. The summed E-state index contributed by atoms with van der Waals surface area (Å²) < 4.78 is 0. The van der Waals surface area contributed by atoms with Crippen molar-refractivity contribution in [2.24, 2.45) is 11.8 Å². The van der Waals surface area contributed by atoms with Crippen LogP contribution in [-0.4, -0.2) is 29.3 Å². The van der Waals surface area contributed by atoms with E-state index in [0.717, 1.165) is 25.9 Å². The number of carbonyl (C=O) groups is 1. The normalized spacial score (nSPS) is 15.4. The smallest absolute Gasteiger partial charge is 0.240 e. The van der Waals surface area contributed by atoms with Crippen molar-refractivity contribution in [3.63, 3.8) is 0 Å². The summed E-state index contributed by atoms with van der Waals surface area (Å²) in [5, 5.41) is -0.410. The predicted octanol–water partition coefficient (Wildman–Crippen LogP) is 5.88. The van der Waals surface area contributed by atoms with Gasteiger partial charge >= 0.3 is 0 Å². The van der Waals surface area contributed by atoms with Crippen LogP contribution >= 0.6 is 11.6 Å². The van der Waals surface area contributed by atoms with Gasteiger partial charge in [0.2, 0.25) is 5.91 Å². The van der Waals surface area contributed by atoms with Crippen LogP contribution < -0.4 is 0 Å². The summed E-state index contributed by atoms with van der Waals surface area (Å²) in [6.07, 6.45) is 9.69. The Morgan fingerprint density at radius 2 is 1.32 bits per heavy atom. The van der Waals surface area contributed by atoms with E-state index in [0.29, 0.717) is 11.8 Å². The van der Waals surface area contributed by atoms with Crippen molar-refractivity contribution in [2.75, 3.05) is 13.1 Å². The van der Waals surface area contributed by atoms with Crippen LogP contribution in [0.25, 0.3) is 0 Å². The van der Waals surface area contributed by atoms with E-state index in [9.17, 15) is 4.79 Å². The number of halogens is 1. The summed E-state index contributed by atoms with van der Waals surface area (Å²) in [5.41, 5.74) is 0. The van der Waals surface area contributed by atoms with Crippen LogP contribution in [0.1, 0.15) is 86.0 Å². The summed E-state index contributed by atoms with van der Waals surface area (Å²) in [4.78, 5) is 14.5. The molecule has 0 radical (unpaired) electrons. The molecule has 0 aliphatic rings. The second-order valence-corrected chi connectivity index (χ2v) is 7.35. The Labute approximate surface area is 144 Å². The number of alkyl halides is 1. The van der Waals surface area contributed by atoms with Crippen LogP contribution in [0.2, 0.25) is 0 Å². The van der Waals surface area contributed by atoms with Gasteiger partial charge in [-0.05, 0) is 31.6 Å². The Kier molecular flexibility index (Phi) is 13.1. The summed E-state index contributed by atoms with van der Waals surface area (Å²) in [6.45, 7) is 12.5. The van der Waals surface area contributed by atoms with Crippen LogP contribution in [0, 0.1) is 11.8 Å². The molecule has 22 heavy (non-hydrogen) atoms. The van der Waals surface area contributed by atoms with Crippen molar-refractivity contribution in [3.05, 3.63) is 0 Å².